The third kappa shape index (κ3) is 7.72. The van der Waals surface area contributed by atoms with Gasteiger partial charge in [0.15, 0.2) is 5.11 Å². The maximum Gasteiger partial charge on any atom is 0.306 e. The molecule has 0 aromatic heterocycles. The molecule has 30 heavy (non-hydrogen) atoms. The van der Waals surface area contributed by atoms with Crippen molar-refractivity contribution < 1.29 is 23.9 Å². The fourth-order valence-corrected chi connectivity index (χ4v) is 3.25. The molecule has 1 saturated heterocycles. The number of hydrogen-bond acceptors (Lipinski definition) is 6. The van der Waals surface area contributed by atoms with Gasteiger partial charge in [0.1, 0.15) is 6.61 Å². The topological polar surface area (TPSA) is 97.0 Å². The Kier molecular flexibility index (Phi) is 9.69. The summed E-state index contributed by atoms with van der Waals surface area (Å²) in [5.74, 6) is -0.321. The first-order chi connectivity index (χ1) is 14.4. The largest absolute Gasteiger partial charge is 0.463 e. The highest BCUT2D eigenvalue weighted by Gasteiger charge is 2.23. The maximum absolute atomic E-state index is 12.9. The highest BCUT2D eigenvalue weighted by atomic mass is 32.1. The third-order valence-electron chi connectivity index (χ3n) is 4.84. The van der Waals surface area contributed by atoms with Crippen molar-refractivity contribution >= 4 is 40.8 Å². The van der Waals surface area contributed by atoms with E-state index in [-0.39, 0.29) is 30.5 Å². The minimum atomic E-state index is -0.479. The number of amides is 2. The lowest BCUT2D eigenvalue weighted by molar-refractivity contribution is -0.146. The second-order valence-corrected chi connectivity index (χ2v) is 7.64. The molecule has 1 aromatic carbocycles. The smallest absolute Gasteiger partial charge is 0.306 e. The first-order valence-corrected chi connectivity index (χ1v) is 10.4. The summed E-state index contributed by atoms with van der Waals surface area (Å²) in [5, 5.41) is 5.52. The Morgan fingerprint density at radius 1 is 1.13 bits per heavy atom. The van der Waals surface area contributed by atoms with Crippen LogP contribution in [-0.2, 0) is 19.1 Å². The van der Waals surface area contributed by atoms with E-state index in [0.29, 0.717) is 23.8 Å². The molecule has 0 aliphatic carbocycles. The van der Waals surface area contributed by atoms with Gasteiger partial charge in [-0.15, -0.1) is 0 Å². The van der Waals surface area contributed by atoms with Crippen molar-refractivity contribution in [2.24, 2.45) is 5.92 Å². The SMILES string of the molecule is COCCOC(=O)CCC(=O)NC(=S)Nc1ccccc1C(=O)N1CCC(C)CC1. The number of ether oxygens (including phenoxy) is 2. The number of piperidine rings is 1. The Morgan fingerprint density at radius 3 is 2.53 bits per heavy atom. The maximum atomic E-state index is 12.9. The lowest BCUT2D eigenvalue weighted by Crippen LogP contribution is -2.39. The van der Waals surface area contributed by atoms with Crippen molar-refractivity contribution in [1.29, 1.82) is 0 Å². The molecular formula is C21H29N3O5S. The van der Waals surface area contributed by atoms with E-state index in [1.165, 1.54) is 7.11 Å². The minimum Gasteiger partial charge on any atom is -0.463 e. The van der Waals surface area contributed by atoms with Crippen LogP contribution in [0.25, 0.3) is 0 Å². The molecule has 1 aliphatic rings. The normalized spacial score (nSPS) is 14.1. The minimum absolute atomic E-state index is 0.0549. The van der Waals surface area contributed by atoms with Crippen LogP contribution in [0.2, 0.25) is 0 Å². The summed E-state index contributed by atoms with van der Waals surface area (Å²) in [6, 6.07) is 7.06. The van der Waals surface area contributed by atoms with E-state index in [4.69, 9.17) is 21.7 Å². The van der Waals surface area contributed by atoms with E-state index in [9.17, 15) is 14.4 Å². The number of hydrogen-bond donors (Lipinski definition) is 2. The molecular weight excluding hydrogens is 406 g/mol. The zero-order valence-corrected chi connectivity index (χ0v) is 18.3. The Morgan fingerprint density at radius 2 is 1.83 bits per heavy atom. The number of methoxy groups -OCH3 is 1. The van der Waals surface area contributed by atoms with Crippen LogP contribution in [0.3, 0.4) is 0 Å². The van der Waals surface area contributed by atoms with Gasteiger partial charge in [0.05, 0.1) is 24.3 Å². The summed E-state index contributed by atoms with van der Waals surface area (Å²) in [6.45, 7) is 4.11. The Balaban J connectivity index is 1.86. The molecule has 0 atom stereocenters. The molecule has 0 saturated carbocycles. The van der Waals surface area contributed by atoms with Crippen molar-refractivity contribution in [2.75, 3.05) is 38.7 Å². The molecule has 0 unspecified atom stereocenters. The van der Waals surface area contributed by atoms with Gasteiger partial charge < -0.3 is 25.0 Å². The highest BCUT2D eigenvalue weighted by Crippen LogP contribution is 2.22. The molecule has 0 radical (unpaired) electrons. The molecule has 9 heteroatoms. The van der Waals surface area contributed by atoms with Crippen LogP contribution in [0.4, 0.5) is 5.69 Å². The predicted molar refractivity (Wildman–Crippen MR) is 117 cm³/mol. The van der Waals surface area contributed by atoms with E-state index in [1.807, 2.05) is 4.90 Å². The molecule has 1 aliphatic heterocycles. The zero-order chi connectivity index (χ0) is 21.9. The number of nitrogens with zero attached hydrogens (tertiary/aromatic N) is 1. The van der Waals surface area contributed by atoms with E-state index in [0.717, 1.165) is 25.9 Å². The van der Waals surface area contributed by atoms with Crippen LogP contribution in [0.1, 0.15) is 43.0 Å². The molecule has 2 N–H and O–H groups in total. The van der Waals surface area contributed by atoms with Gasteiger partial charge in [0.2, 0.25) is 5.91 Å². The molecule has 8 nitrogen and oxygen atoms in total. The van der Waals surface area contributed by atoms with Gasteiger partial charge in [-0.1, -0.05) is 19.1 Å². The number of anilines is 1. The molecule has 1 fully saturated rings. The number of esters is 1. The van der Waals surface area contributed by atoms with Crippen molar-refractivity contribution in [3.8, 4) is 0 Å². The molecule has 1 heterocycles. The number of carbonyl (C=O) groups is 3. The first kappa shape index (κ1) is 23.8. The number of nitrogens with one attached hydrogen (secondary N) is 2. The number of thiocarbonyl (C=S) groups is 1. The first-order valence-electron chi connectivity index (χ1n) is 10.0. The Bertz CT molecular complexity index is 763. The van der Waals surface area contributed by atoms with Gasteiger partial charge in [0, 0.05) is 26.6 Å². The van der Waals surface area contributed by atoms with Crippen molar-refractivity contribution in [3.05, 3.63) is 29.8 Å². The number of benzene rings is 1. The summed E-state index contributed by atoms with van der Waals surface area (Å²) >= 11 is 5.20. The summed E-state index contributed by atoms with van der Waals surface area (Å²) < 4.78 is 9.69. The quantitative estimate of drug-likeness (QED) is 0.367. The second kappa shape index (κ2) is 12.2. The van der Waals surface area contributed by atoms with Gasteiger partial charge in [0.25, 0.3) is 5.91 Å². The fraction of sp³-hybridized carbons (Fsp3) is 0.524. The van der Waals surface area contributed by atoms with Crippen molar-refractivity contribution in [2.45, 2.75) is 32.6 Å². The van der Waals surface area contributed by atoms with Gasteiger partial charge in [-0.2, -0.15) is 0 Å². The zero-order valence-electron chi connectivity index (χ0n) is 17.4. The molecule has 0 bridgehead atoms. The standard InChI is InChI=1S/C21H29N3O5S/c1-15-9-11-24(12-10-15)20(27)16-5-3-4-6-17(16)22-21(30)23-18(25)7-8-19(26)29-14-13-28-2/h3-6,15H,7-14H2,1-2H3,(H2,22,23,25,30). The molecule has 2 rings (SSSR count). The second-order valence-electron chi connectivity index (χ2n) is 7.24. The average molecular weight is 436 g/mol. The molecule has 1 aromatic rings. The van der Waals surface area contributed by atoms with Crippen LogP contribution in [-0.4, -0.2) is 61.2 Å². The third-order valence-corrected chi connectivity index (χ3v) is 5.04. The van der Waals surface area contributed by atoms with Crippen molar-refractivity contribution in [1.82, 2.24) is 10.2 Å². The van der Waals surface area contributed by atoms with E-state index in [1.54, 1.807) is 24.3 Å². The van der Waals surface area contributed by atoms with E-state index in [2.05, 4.69) is 17.6 Å². The number of carbonyl (C=O) groups excluding carboxylic acids is 3. The van der Waals surface area contributed by atoms with Gasteiger partial charge in [-0.25, -0.2) is 0 Å². The van der Waals surface area contributed by atoms with E-state index >= 15 is 0 Å². The summed E-state index contributed by atoms with van der Waals surface area (Å²) in [5.41, 5.74) is 1.04. The molecule has 0 spiro atoms. The van der Waals surface area contributed by atoms with Crippen LogP contribution >= 0.6 is 12.2 Å². The van der Waals surface area contributed by atoms with Crippen LogP contribution in [0, 0.1) is 5.92 Å². The lowest BCUT2D eigenvalue weighted by Gasteiger charge is -2.30. The van der Waals surface area contributed by atoms with Crippen LogP contribution in [0.15, 0.2) is 24.3 Å². The average Bonchev–Trinajstić information content (AvgIpc) is 2.73. The number of rotatable bonds is 8. The predicted octanol–water partition coefficient (Wildman–Crippen LogP) is 2.34. The molecule has 2 amide bonds. The highest BCUT2D eigenvalue weighted by molar-refractivity contribution is 7.80. The van der Waals surface area contributed by atoms with E-state index < -0.39 is 11.9 Å². The van der Waals surface area contributed by atoms with Gasteiger partial charge in [-0.3, -0.25) is 14.4 Å². The number of para-hydroxylation sites is 1. The lowest BCUT2D eigenvalue weighted by atomic mass is 9.98. The summed E-state index contributed by atoms with van der Waals surface area (Å²) in [7, 11) is 1.51. The Labute approximate surface area is 182 Å². The van der Waals surface area contributed by atoms with Crippen molar-refractivity contribution in [3.63, 3.8) is 0 Å². The number of likely N-dealkylation sites (tertiary alicyclic amines) is 1. The van der Waals surface area contributed by atoms with Gasteiger partial charge >= 0.3 is 5.97 Å². The Hall–Kier alpha value is -2.52. The summed E-state index contributed by atoms with van der Waals surface area (Å²) in [6.07, 6.45) is 1.87. The molecule has 164 valence electrons. The van der Waals surface area contributed by atoms with Crippen LogP contribution < -0.4 is 10.6 Å². The summed E-state index contributed by atoms with van der Waals surface area (Å²) in [4.78, 5) is 38.3. The van der Waals surface area contributed by atoms with Gasteiger partial charge in [-0.05, 0) is 43.1 Å². The van der Waals surface area contributed by atoms with Crippen LogP contribution in [0.5, 0.6) is 0 Å². The monoisotopic (exact) mass is 435 g/mol. The fourth-order valence-electron chi connectivity index (χ4n) is 3.03.